The van der Waals surface area contributed by atoms with E-state index in [0.29, 0.717) is 0 Å². The van der Waals surface area contributed by atoms with E-state index in [-0.39, 0.29) is 11.8 Å². The van der Waals surface area contributed by atoms with Crippen molar-refractivity contribution in [1.82, 2.24) is 9.88 Å². The van der Waals surface area contributed by atoms with Crippen molar-refractivity contribution in [3.8, 4) is 0 Å². The SMILES string of the molecule is Cc1ccc(Cl)c2sc(N3CCC(C(=O)N(C)C)C3)nc12. The molecule has 2 heterocycles. The van der Waals surface area contributed by atoms with Crippen LogP contribution < -0.4 is 4.90 Å². The zero-order chi connectivity index (χ0) is 15.1. The van der Waals surface area contributed by atoms with E-state index in [9.17, 15) is 4.79 Å². The van der Waals surface area contributed by atoms with Gasteiger partial charge >= 0.3 is 0 Å². The molecule has 1 atom stereocenters. The van der Waals surface area contributed by atoms with Crippen LogP contribution in [0, 0.1) is 12.8 Å². The lowest BCUT2D eigenvalue weighted by Gasteiger charge is -2.17. The molecule has 112 valence electrons. The molecule has 21 heavy (non-hydrogen) atoms. The maximum Gasteiger partial charge on any atom is 0.227 e. The van der Waals surface area contributed by atoms with Gasteiger partial charge in [-0.3, -0.25) is 4.79 Å². The van der Waals surface area contributed by atoms with Gasteiger partial charge in [0.15, 0.2) is 5.13 Å². The number of halogens is 1. The first kappa shape index (κ1) is 14.6. The van der Waals surface area contributed by atoms with Crippen molar-refractivity contribution in [2.24, 2.45) is 5.92 Å². The zero-order valence-electron chi connectivity index (χ0n) is 12.4. The van der Waals surface area contributed by atoms with Gasteiger partial charge in [-0.05, 0) is 25.0 Å². The Balaban J connectivity index is 1.87. The summed E-state index contributed by atoms with van der Waals surface area (Å²) in [6.45, 7) is 3.67. The predicted octanol–water partition coefficient (Wildman–Crippen LogP) is 3.17. The fraction of sp³-hybridized carbons (Fsp3) is 0.467. The van der Waals surface area contributed by atoms with Gasteiger partial charge < -0.3 is 9.80 Å². The monoisotopic (exact) mass is 323 g/mol. The van der Waals surface area contributed by atoms with E-state index >= 15 is 0 Å². The summed E-state index contributed by atoms with van der Waals surface area (Å²) >= 11 is 7.88. The van der Waals surface area contributed by atoms with Crippen LogP contribution in [0.5, 0.6) is 0 Å². The molecule has 3 rings (SSSR count). The molecule has 0 N–H and O–H groups in total. The van der Waals surface area contributed by atoms with E-state index in [2.05, 4.69) is 4.90 Å². The molecular formula is C15H18ClN3OS. The van der Waals surface area contributed by atoms with Gasteiger partial charge in [-0.1, -0.05) is 29.0 Å². The fourth-order valence-corrected chi connectivity index (χ4v) is 4.08. The molecule has 1 fully saturated rings. The van der Waals surface area contributed by atoms with Crippen LogP contribution in [0.3, 0.4) is 0 Å². The van der Waals surface area contributed by atoms with Crippen molar-refractivity contribution in [3.63, 3.8) is 0 Å². The molecule has 1 saturated heterocycles. The Bertz CT molecular complexity index is 659. The largest absolute Gasteiger partial charge is 0.349 e. The molecule has 0 saturated carbocycles. The smallest absolute Gasteiger partial charge is 0.227 e. The maximum absolute atomic E-state index is 12.1. The molecule has 0 spiro atoms. The topological polar surface area (TPSA) is 36.4 Å². The number of thiazole rings is 1. The molecular weight excluding hydrogens is 306 g/mol. The number of hydrogen-bond acceptors (Lipinski definition) is 4. The second-order valence-electron chi connectivity index (χ2n) is 5.70. The first-order valence-electron chi connectivity index (χ1n) is 6.99. The van der Waals surface area contributed by atoms with E-state index in [1.54, 1.807) is 16.2 Å². The molecule has 2 aromatic rings. The summed E-state index contributed by atoms with van der Waals surface area (Å²) in [5.74, 6) is 0.274. The van der Waals surface area contributed by atoms with Crippen LogP contribution in [0.4, 0.5) is 5.13 Å². The van der Waals surface area contributed by atoms with E-state index in [4.69, 9.17) is 16.6 Å². The highest BCUT2D eigenvalue weighted by Crippen LogP contribution is 2.37. The first-order chi connectivity index (χ1) is 9.97. The Labute approximate surface area is 133 Å². The number of aryl methyl sites for hydroxylation is 1. The molecule has 6 heteroatoms. The van der Waals surface area contributed by atoms with Gasteiger partial charge in [0.2, 0.25) is 5.91 Å². The Morgan fingerprint density at radius 3 is 2.90 bits per heavy atom. The molecule has 0 aliphatic carbocycles. The molecule has 1 aliphatic rings. The average molecular weight is 324 g/mol. The number of carbonyl (C=O) groups is 1. The van der Waals surface area contributed by atoms with Crippen LogP contribution in [-0.2, 0) is 4.79 Å². The van der Waals surface area contributed by atoms with Crippen molar-refractivity contribution in [3.05, 3.63) is 22.7 Å². The van der Waals surface area contributed by atoms with Gasteiger partial charge in [0.05, 0.1) is 21.2 Å². The van der Waals surface area contributed by atoms with Gasteiger partial charge in [-0.15, -0.1) is 0 Å². The first-order valence-corrected chi connectivity index (χ1v) is 8.18. The van der Waals surface area contributed by atoms with E-state index < -0.39 is 0 Å². The second-order valence-corrected chi connectivity index (χ2v) is 7.09. The Morgan fingerprint density at radius 2 is 2.24 bits per heavy atom. The molecule has 1 aromatic carbocycles. The minimum atomic E-state index is 0.0728. The Kier molecular flexibility index (Phi) is 3.80. The van der Waals surface area contributed by atoms with Crippen LogP contribution in [-0.4, -0.2) is 43.0 Å². The van der Waals surface area contributed by atoms with Crippen LogP contribution in [0.1, 0.15) is 12.0 Å². The molecule has 1 unspecified atom stereocenters. The number of amides is 1. The third-order valence-corrected chi connectivity index (χ3v) is 5.51. The maximum atomic E-state index is 12.1. The van der Waals surface area contributed by atoms with Crippen LogP contribution in [0.25, 0.3) is 10.2 Å². The second kappa shape index (κ2) is 5.46. The van der Waals surface area contributed by atoms with E-state index in [0.717, 1.165) is 45.4 Å². The van der Waals surface area contributed by atoms with E-state index in [1.807, 2.05) is 33.2 Å². The molecule has 1 aliphatic heterocycles. The van der Waals surface area contributed by atoms with Crippen molar-refractivity contribution in [2.45, 2.75) is 13.3 Å². The lowest BCUT2D eigenvalue weighted by Crippen LogP contribution is -2.31. The highest BCUT2D eigenvalue weighted by molar-refractivity contribution is 7.22. The average Bonchev–Trinajstić information content (AvgIpc) is 3.08. The number of rotatable bonds is 2. The number of nitrogens with zero attached hydrogens (tertiary/aromatic N) is 3. The minimum absolute atomic E-state index is 0.0728. The van der Waals surface area contributed by atoms with E-state index in [1.165, 1.54) is 0 Å². The van der Waals surface area contributed by atoms with Gasteiger partial charge in [-0.2, -0.15) is 0 Å². The molecule has 1 amide bonds. The number of anilines is 1. The summed E-state index contributed by atoms with van der Waals surface area (Å²) in [6.07, 6.45) is 0.889. The molecule has 0 radical (unpaired) electrons. The van der Waals surface area contributed by atoms with Gasteiger partial charge in [0.1, 0.15) is 0 Å². The normalized spacial score (nSPS) is 18.5. The summed E-state index contributed by atoms with van der Waals surface area (Å²) in [4.78, 5) is 20.7. The van der Waals surface area contributed by atoms with Crippen LogP contribution in [0.2, 0.25) is 5.02 Å². The highest BCUT2D eigenvalue weighted by atomic mass is 35.5. The molecule has 1 aromatic heterocycles. The highest BCUT2D eigenvalue weighted by Gasteiger charge is 2.31. The third kappa shape index (κ3) is 2.60. The Morgan fingerprint density at radius 1 is 1.48 bits per heavy atom. The number of fused-ring (bicyclic) bond motifs is 1. The number of hydrogen-bond donors (Lipinski definition) is 0. The third-order valence-electron chi connectivity index (χ3n) is 3.93. The molecule has 0 bridgehead atoms. The van der Waals surface area contributed by atoms with Crippen molar-refractivity contribution in [2.75, 3.05) is 32.1 Å². The van der Waals surface area contributed by atoms with Gasteiger partial charge in [0, 0.05) is 27.2 Å². The molecule has 4 nitrogen and oxygen atoms in total. The lowest BCUT2D eigenvalue weighted by molar-refractivity contribution is -0.132. The van der Waals surface area contributed by atoms with Crippen molar-refractivity contribution < 1.29 is 4.79 Å². The Hall–Kier alpha value is -1.33. The van der Waals surface area contributed by atoms with Crippen LogP contribution in [0.15, 0.2) is 12.1 Å². The minimum Gasteiger partial charge on any atom is -0.349 e. The number of benzene rings is 1. The predicted molar refractivity (Wildman–Crippen MR) is 88.4 cm³/mol. The quantitative estimate of drug-likeness (QED) is 0.851. The van der Waals surface area contributed by atoms with Gasteiger partial charge in [-0.25, -0.2) is 4.98 Å². The number of carbonyl (C=O) groups excluding carboxylic acids is 1. The summed E-state index contributed by atoms with van der Waals surface area (Å²) < 4.78 is 1.04. The zero-order valence-corrected chi connectivity index (χ0v) is 14.0. The lowest BCUT2D eigenvalue weighted by atomic mass is 10.1. The summed E-state index contributed by atoms with van der Waals surface area (Å²) in [5.41, 5.74) is 2.11. The standard InChI is InChI=1S/C15H18ClN3OS/c1-9-4-5-11(16)13-12(9)17-15(21-13)19-7-6-10(8-19)14(20)18(2)3/h4-5,10H,6-8H2,1-3H3. The summed E-state index contributed by atoms with van der Waals surface area (Å²) in [6, 6.07) is 3.92. The van der Waals surface area contributed by atoms with Gasteiger partial charge in [0.25, 0.3) is 0 Å². The number of aromatic nitrogens is 1. The van der Waals surface area contributed by atoms with Crippen molar-refractivity contribution >= 4 is 44.2 Å². The summed E-state index contributed by atoms with van der Waals surface area (Å²) in [5, 5.41) is 1.72. The van der Waals surface area contributed by atoms with Crippen LogP contribution >= 0.6 is 22.9 Å². The fourth-order valence-electron chi connectivity index (χ4n) is 2.73. The van der Waals surface area contributed by atoms with Crippen molar-refractivity contribution in [1.29, 1.82) is 0 Å². The summed E-state index contributed by atoms with van der Waals surface area (Å²) in [7, 11) is 3.62.